The molecule has 0 radical (unpaired) electrons. The topological polar surface area (TPSA) is 55.8 Å². The van der Waals surface area contributed by atoms with Crippen molar-refractivity contribution in [1.29, 1.82) is 0 Å². The molecule has 0 atom stereocenters. The van der Waals surface area contributed by atoms with Gasteiger partial charge in [0.15, 0.2) is 0 Å². The highest BCUT2D eigenvalue weighted by Gasteiger charge is 2.45. The summed E-state index contributed by atoms with van der Waals surface area (Å²) in [5.41, 5.74) is 0.917. The first-order chi connectivity index (χ1) is 10.5. The molecule has 1 aromatic carbocycles. The van der Waals surface area contributed by atoms with Crippen molar-refractivity contribution in [3.05, 3.63) is 23.3 Å². The number of carboxylic acids is 1. The fraction of sp³-hybridized carbons (Fsp3) is 0.611. The Labute approximate surface area is 132 Å². The van der Waals surface area contributed by atoms with E-state index < -0.39 is 11.4 Å². The van der Waals surface area contributed by atoms with Crippen molar-refractivity contribution in [3.8, 4) is 11.5 Å². The van der Waals surface area contributed by atoms with Gasteiger partial charge < -0.3 is 14.6 Å². The molecule has 1 aromatic rings. The van der Waals surface area contributed by atoms with Crippen molar-refractivity contribution in [2.24, 2.45) is 0 Å². The highest BCUT2D eigenvalue weighted by atomic mass is 16.5. The molecule has 1 N–H and O–H groups in total. The zero-order valence-electron chi connectivity index (χ0n) is 13.9. The summed E-state index contributed by atoms with van der Waals surface area (Å²) in [6.07, 6.45) is 4.28. The average molecular weight is 306 g/mol. The highest BCUT2D eigenvalue weighted by molar-refractivity contribution is 5.84. The number of hydrogen-bond donors (Lipinski definition) is 1. The Morgan fingerprint density at radius 2 is 1.64 bits per heavy atom. The molecule has 0 spiro atoms. The minimum absolute atomic E-state index is 0.165. The molecule has 1 saturated carbocycles. The first kappa shape index (κ1) is 16.7. The predicted octanol–water partition coefficient (Wildman–Crippen LogP) is 4.11. The molecule has 2 rings (SSSR count). The van der Waals surface area contributed by atoms with Crippen LogP contribution in [0, 0.1) is 0 Å². The maximum Gasteiger partial charge on any atom is 0.314 e. The second kappa shape index (κ2) is 6.59. The third-order valence-electron chi connectivity index (χ3n) is 4.78. The monoisotopic (exact) mass is 306 g/mol. The van der Waals surface area contributed by atoms with E-state index in [4.69, 9.17) is 9.47 Å². The van der Waals surface area contributed by atoms with Gasteiger partial charge in [-0.15, -0.1) is 0 Å². The van der Waals surface area contributed by atoms with Gasteiger partial charge in [-0.3, -0.25) is 4.79 Å². The van der Waals surface area contributed by atoms with Gasteiger partial charge in [0, 0.05) is 11.1 Å². The fourth-order valence-corrected chi connectivity index (χ4v) is 3.72. The van der Waals surface area contributed by atoms with Crippen LogP contribution in [0.4, 0.5) is 0 Å². The van der Waals surface area contributed by atoms with Crippen molar-refractivity contribution in [2.45, 2.75) is 57.3 Å². The van der Waals surface area contributed by atoms with E-state index in [-0.39, 0.29) is 5.92 Å². The predicted molar refractivity (Wildman–Crippen MR) is 86.0 cm³/mol. The van der Waals surface area contributed by atoms with E-state index in [9.17, 15) is 9.90 Å². The van der Waals surface area contributed by atoms with Crippen LogP contribution in [0.2, 0.25) is 0 Å². The number of rotatable bonds is 5. The Morgan fingerprint density at radius 3 is 2.09 bits per heavy atom. The summed E-state index contributed by atoms with van der Waals surface area (Å²) in [5, 5.41) is 10.0. The summed E-state index contributed by atoms with van der Waals surface area (Å²) in [7, 11) is 3.24. The van der Waals surface area contributed by atoms with E-state index in [1.807, 2.05) is 12.1 Å². The highest BCUT2D eigenvalue weighted by Crippen LogP contribution is 2.49. The number of carbonyl (C=O) groups is 1. The van der Waals surface area contributed by atoms with E-state index in [1.54, 1.807) is 14.2 Å². The Morgan fingerprint density at radius 1 is 1.09 bits per heavy atom. The number of methoxy groups -OCH3 is 2. The molecule has 4 nitrogen and oxygen atoms in total. The van der Waals surface area contributed by atoms with Gasteiger partial charge in [-0.1, -0.05) is 33.1 Å². The molecule has 122 valence electrons. The third-order valence-corrected chi connectivity index (χ3v) is 4.78. The standard InChI is InChI=1S/C18H26O4/c1-12(2)15-13(21-3)8-9-14(22-4)16(15)18(17(19)20)10-6-5-7-11-18/h8-9,12H,5-7,10-11H2,1-4H3,(H,19,20). The summed E-state index contributed by atoms with van der Waals surface area (Å²) in [6.45, 7) is 4.14. The molecule has 1 aliphatic rings. The lowest BCUT2D eigenvalue weighted by atomic mass is 9.66. The van der Waals surface area contributed by atoms with Gasteiger partial charge in [0.05, 0.1) is 19.6 Å². The largest absolute Gasteiger partial charge is 0.496 e. The minimum atomic E-state index is -0.863. The third kappa shape index (κ3) is 2.67. The zero-order chi connectivity index (χ0) is 16.3. The van der Waals surface area contributed by atoms with Crippen molar-refractivity contribution in [2.75, 3.05) is 14.2 Å². The molecule has 1 aliphatic carbocycles. The smallest absolute Gasteiger partial charge is 0.314 e. The van der Waals surface area contributed by atoms with Crippen LogP contribution in [-0.4, -0.2) is 25.3 Å². The van der Waals surface area contributed by atoms with Crippen LogP contribution in [0.1, 0.15) is 63.0 Å². The van der Waals surface area contributed by atoms with Crippen molar-refractivity contribution in [1.82, 2.24) is 0 Å². The van der Waals surface area contributed by atoms with Crippen LogP contribution in [0.5, 0.6) is 11.5 Å². The fourth-order valence-electron chi connectivity index (χ4n) is 3.72. The molecule has 4 heteroatoms. The van der Waals surface area contributed by atoms with Gasteiger partial charge in [0.2, 0.25) is 0 Å². The maximum absolute atomic E-state index is 12.2. The Kier molecular flexibility index (Phi) is 4.99. The van der Waals surface area contributed by atoms with Crippen LogP contribution in [0.25, 0.3) is 0 Å². The summed E-state index contributed by atoms with van der Waals surface area (Å²) >= 11 is 0. The number of aliphatic carboxylic acids is 1. The Bertz CT molecular complexity index is 542. The average Bonchev–Trinajstić information content (AvgIpc) is 2.53. The summed E-state index contributed by atoms with van der Waals surface area (Å²) in [6, 6.07) is 3.70. The van der Waals surface area contributed by atoms with Crippen molar-refractivity contribution in [3.63, 3.8) is 0 Å². The van der Waals surface area contributed by atoms with Gasteiger partial charge >= 0.3 is 5.97 Å². The molecule has 0 aromatic heterocycles. The Hall–Kier alpha value is -1.71. The summed E-state index contributed by atoms with van der Waals surface area (Å²) in [4.78, 5) is 12.2. The second-order valence-electron chi connectivity index (χ2n) is 6.36. The van der Waals surface area contributed by atoms with Gasteiger partial charge in [-0.05, 0) is 30.9 Å². The van der Waals surface area contributed by atoms with Crippen LogP contribution in [0.15, 0.2) is 12.1 Å². The van der Waals surface area contributed by atoms with E-state index in [1.165, 1.54) is 0 Å². The molecule has 0 bridgehead atoms. The number of carboxylic acid groups (broad SMARTS) is 1. The van der Waals surface area contributed by atoms with Gasteiger partial charge in [0.25, 0.3) is 0 Å². The van der Waals surface area contributed by atoms with Crippen LogP contribution in [-0.2, 0) is 10.2 Å². The summed E-state index contributed by atoms with van der Waals surface area (Å²) in [5.74, 6) is 0.824. The quantitative estimate of drug-likeness (QED) is 0.889. The van der Waals surface area contributed by atoms with Crippen molar-refractivity contribution >= 4 is 5.97 Å². The van der Waals surface area contributed by atoms with Crippen LogP contribution < -0.4 is 9.47 Å². The Balaban J connectivity index is 2.76. The lowest BCUT2D eigenvalue weighted by molar-refractivity contribution is -0.145. The van der Waals surface area contributed by atoms with Crippen molar-refractivity contribution < 1.29 is 19.4 Å². The normalized spacial score (nSPS) is 17.3. The van der Waals surface area contributed by atoms with E-state index >= 15 is 0 Å². The van der Waals surface area contributed by atoms with Gasteiger partial charge in [0.1, 0.15) is 11.5 Å². The molecule has 22 heavy (non-hydrogen) atoms. The lowest BCUT2D eigenvalue weighted by Gasteiger charge is -2.37. The SMILES string of the molecule is COc1ccc(OC)c(C2(C(=O)O)CCCCC2)c1C(C)C. The molecule has 0 amide bonds. The molecular weight excluding hydrogens is 280 g/mol. The molecule has 0 unspecified atom stereocenters. The lowest BCUT2D eigenvalue weighted by Crippen LogP contribution is -2.39. The second-order valence-corrected chi connectivity index (χ2v) is 6.36. The molecule has 1 fully saturated rings. The minimum Gasteiger partial charge on any atom is -0.496 e. The summed E-state index contributed by atoms with van der Waals surface area (Å²) < 4.78 is 11.1. The van der Waals surface area contributed by atoms with Gasteiger partial charge in [-0.25, -0.2) is 0 Å². The van der Waals surface area contributed by atoms with Crippen LogP contribution >= 0.6 is 0 Å². The first-order valence-corrected chi connectivity index (χ1v) is 7.96. The van der Waals surface area contributed by atoms with Crippen LogP contribution in [0.3, 0.4) is 0 Å². The number of benzene rings is 1. The van der Waals surface area contributed by atoms with Gasteiger partial charge in [-0.2, -0.15) is 0 Å². The molecule has 0 saturated heterocycles. The molecular formula is C18H26O4. The van der Waals surface area contributed by atoms with E-state index in [0.717, 1.165) is 36.1 Å². The number of hydrogen-bond acceptors (Lipinski definition) is 3. The maximum atomic E-state index is 12.2. The zero-order valence-corrected chi connectivity index (χ0v) is 13.9. The first-order valence-electron chi connectivity index (χ1n) is 7.96. The molecule has 0 aliphatic heterocycles. The van der Waals surface area contributed by atoms with E-state index in [0.29, 0.717) is 18.6 Å². The van der Waals surface area contributed by atoms with E-state index in [2.05, 4.69) is 13.8 Å². The molecule has 0 heterocycles. The number of ether oxygens (including phenoxy) is 2.